The van der Waals surface area contributed by atoms with Gasteiger partial charge in [-0.25, -0.2) is 0 Å². The highest BCUT2D eigenvalue weighted by Gasteiger charge is 2.26. The van der Waals surface area contributed by atoms with Crippen LogP contribution in [0.2, 0.25) is 0 Å². The lowest BCUT2D eigenvalue weighted by Crippen LogP contribution is -2.35. The van der Waals surface area contributed by atoms with Gasteiger partial charge >= 0.3 is 0 Å². The quantitative estimate of drug-likeness (QED) is 0.819. The molecular formula is C22H28O5. The Kier molecular flexibility index (Phi) is 7.51. The largest absolute Gasteiger partial charge is 0.487 e. The van der Waals surface area contributed by atoms with Gasteiger partial charge < -0.3 is 23.7 Å². The molecule has 0 bridgehead atoms. The van der Waals surface area contributed by atoms with Gasteiger partial charge in [-0.05, 0) is 17.7 Å². The van der Waals surface area contributed by atoms with Crippen LogP contribution in [0.25, 0.3) is 0 Å². The Morgan fingerprint density at radius 3 is 1.93 bits per heavy atom. The molecule has 1 heterocycles. The first-order chi connectivity index (χ1) is 13.3. The maximum Gasteiger partial charge on any atom is 0.161 e. The lowest BCUT2D eigenvalue weighted by atomic mass is 9.94. The Bertz CT molecular complexity index is 640. The molecule has 2 aromatic rings. The van der Waals surface area contributed by atoms with E-state index in [-0.39, 0.29) is 5.41 Å². The number of rotatable bonds is 4. The van der Waals surface area contributed by atoms with Gasteiger partial charge in [0, 0.05) is 5.41 Å². The third-order valence-corrected chi connectivity index (χ3v) is 4.28. The standard InChI is InChI=1S/C22H28O5/c1-22(18-25-15-19-7-3-2-4-8-19)16-23-11-13-26-20-9-5-6-10-21(20)27-14-12-24-17-22/h2-10H,11-18H2,1H3. The maximum atomic E-state index is 5.94. The number of ether oxygens (including phenoxy) is 5. The van der Waals surface area contributed by atoms with Crippen molar-refractivity contribution in [3.8, 4) is 11.5 Å². The van der Waals surface area contributed by atoms with Crippen LogP contribution >= 0.6 is 0 Å². The Labute approximate surface area is 161 Å². The van der Waals surface area contributed by atoms with Gasteiger partial charge in [-0.3, -0.25) is 0 Å². The molecule has 0 unspecified atom stereocenters. The minimum Gasteiger partial charge on any atom is -0.487 e. The molecule has 0 radical (unpaired) electrons. The maximum absolute atomic E-state index is 5.94. The van der Waals surface area contributed by atoms with Gasteiger partial charge in [-0.2, -0.15) is 0 Å². The summed E-state index contributed by atoms with van der Waals surface area (Å²) in [6.45, 7) is 6.31. The lowest BCUT2D eigenvalue weighted by molar-refractivity contribution is -0.0680. The summed E-state index contributed by atoms with van der Waals surface area (Å²) in [6.07, 6.45) is 0. The summed E-state index contributed by atoms with van der Waals surface area (Å²) in [5, 5.41) is 0. The van der Waals surface area contributed by atoms with Gasteiger partial charge in [-0.1, -0.05) is 49.4 Å². The second-order valence-corrected chi connectivity index (χ2v) is 7.04. The molecule has 0 saturated heterocycles. The van der Waals surface area contributed by atoms with Crippen molar-refractivity contribution < 1.29 is 23.7 Å². The van der Waals surface area contributed by atoms with E-state index in [0.29, 0.717) is 52.9 Å². The number of benzene rings is 2. The summed E-state index contributed by atoms with van der Waals surface area (Å²) in [6, 6.07) is 17.8. The molecule has 0 fully saturated rings. The van der Waals surface area contributed by atoms with E-state index in [9.17, 15) is 0 Å². The molecule has 0 spiro atoms. The Morgan fingerprint density at radius 2 is 1.33 bits per heavy atom. The zero-order chi connectivity index (χ0) is 18.8. The average Bonchev–Trinajstić information content (AvgIpc) is 2.70. The molecule has 27 heavy (non-hydrogen) atoms. The van der Waals surface area contributed by atoms with Crippen LogP contribution < -0.4 is 9.47 Å². The summed E-state index contributed by atoms with van der Waals surface area (Å²) in [4.78, 5) is 0. The fraction of sp³-hybridized carbons (Fsp3) is 0.455. The van der Waals surface area contributed by atoms with Crippen molar-refractivity contribution in [2.75, 3.05) is 46.2 Å². The zero-order valence-electron chi connectivity index (χ0n) is 15.9. The van der Waals surface area contributed by atoms with Crippen molar-refractivity contribution in [3.05, 3.63) is 60.2 Å². The lowest BCUT2D eigenvalue weighted by Gasteiger charge is -2.29. The Hall–Kier alpha value is -2.08. The van der Waals surface area contributed by atoms with Crippen LogP contribution in [0.15, 0.2) is 54.6 Å². The fourth-order valence-corrected chi connectivity index (χ4v) is 2.86. The van der Waals surface area contributed by atoms with Crippen molar-refractivity contribution in [1.82, 2.24) is 0 Å². The van der Waals surface area contributed by atoms with Crippen LogP contribution in [0, 0.1) is 5.41 Å². The van der Waals surface area contributed by atoms with Crippen molar-refractivity contribution in [2.45, 2.75) is 13.5 Å². The molecule has 0 aromatic heterocycles. The van der Waals surface area contributed by atoms with Crippen LogP contribution in [-0.4, -0.2) is 46.2 Å². The molecule has 3 rings (SSSR count). The number of fused-ring (bicyclic) bond motifs is 1. The van der Waals surface area contributed by atoms with E-state index in [0.717, 1.165) is 17.1 Å². The molecule has 2 aromatic carbocycles. The highest BCUT2D eigenvalue weighted by Crippen LogP contribution is 2.27. The monoisotopic (exact) mass is 372 g/mol. The molecule has 0 atom stereocenters. The van der Waals surface area contributed by atoms with E-state index in [1.54, 1.807) is 0 Å². The van der Waals surface area contributed by atoms with Crippen LogP contribution in [0.3, 0.4) is 0 Å². The van der Waals surface area contributed by atoms with Crippen molar-refractivity contribution in [1.29, 1.82) is 0 Å². The van der Waals surface area contributed by atoms with E-state index >= 15 is 0 Å². The van der Waals surface area contributed by atoms with Crippen LogP contribution in [0.4, 0.5) is 0 Å². The molecule has 0 saturated carbocycles. The second-order valence-electron chi connectivity index (χ2n) is 7.04. The van der Waals surface area contributed by atoms with Gasteiger partial charge in [0.15, 0.2) is 11.5 Å². The number of hydrogen-bond donors (Lipinski definition) is 0. The molecule has 5 heteroatoms. The third kappa shape index (κ3) is 6.54. The predicted molar refractivity (Wildman–Crippen MR) is 103 cm³/mol. The first-order valence-corrected chi connectivity index (χ1v) is 9.37. The summed E-state index contributed by atoms with van der Waals surface area (Å²) < 4.78 is 29.2. The van der Waals surface area contributed by atoms with E-state index in [4.69, 9.17) is 23.7 Å². The van der Waals surface area contributed by atoms with E-state index < -0.39 is 0 Å². The normalized spacial score (nSPS) is 18.0. The van der Waals surface area contributed by atoms with Crippen LogP contribution in [0.5, 0.6) is 11.5 Å². The topological polar surface area (TPSA) is 46.2 Å². The smallest absolute Gasteiger partial charge is 0.161 e. The SMILES string of the molecule is CC1(COCc2ccccc2)COCCOc2ccccc2OCCOC1. The molecular weight excluding hydrogens is 344 g/mol. The predicted octanol–water partition coefficient (Wildman–Crippen LogP) is 3.71. The minimum atomic E-state index is -0.227. The van der Waals surface area contributed by atoms with Crippen molar-refractivity contribution in [3.63, 3.8) is 0 Å². The average molecular weight is 372 g/mol. The fourth-order valence-electron chi connectivity index (χ4n) is 2.86. The number of para-hydroxylation sites is 2. The third-order valence-electron chi connectivity index (χ3n) is 4.28. The van der Waals surface area contributed by atoms with E-state index in [1.807, 2.05) is 42.5 Å². The Morgan fingerprint density at radius 1 is 0.778 bits per heavy atom. The zero-order valence-corrected chi connectivity index (χ0v) is 15.9. The minimum absolute atomic E-state index is 0.227. The Balaban J connectivity index is 1.52. The summed E-state index contributed by atoms with van der Waals surface area (Å²) in [7, 11) is 0. The van der Waals surface area contributed by atoms with Crippen LogP contribution in [0.1, 0.15) is 12.5 Å². The summed E-state index contributed by atoms with van der Waals surface area (Å²) in [5.41, 5.74) is 0.933. The van der Waals surface area contributed by atoms with Gasteiger partial charge in [-0.15, -0.1) is 0 Å². The molecule has 1 aliphatic rings. The first kappa shape index (κ1) is 19.7. The van der Waals surface area contributed by atoms with Gasteiger partial charge in [0.2, 0.25) is 0 Å². The van der Waals surface area contributed by atoms with E-state index in [1.165, 1.54) is 0 Å². The van der Waals surface area contributed by atoms with Gasteiger partial charge in [0.1, 0.15) is 13.2 Å². The van der Waals surface area contributed by atoms with E-state index in [2.05, 4.69) is 19.1 Å². The highest BCUT2D eigenvalue weighted by atomic mass is 16.6. The van der Waals surface area contributed by atoms with Crippen molar-refractivity contribution in [2.24, 2.45) is 5.41 Å². The van der Waals surface area contributed by atoms with Gasteiger partial charge in [0.05, 0.1) is 39.6 Å². The molecule has 146 valence electrons. The highest BCUT2D eigenvalue weighted by molar-refractivity contribution is 5.39. The molecule has 0 N–H and O–H groups in total. The molecule has 1 aliphatic heterocycles. The van der Waals surface area contributed by atoms with Gasteiger partial charge in [0.25, 0.3) is 0 Å². The second kappa shape index (κ2) is 10.3. The first-order valence-electron chi connectivity index (χ1n) is 9.37. The number of hydrogen-bond acceptors (Lipinski definition) is 5. The molecule has 5 nitrogen and oxygen atoms in total. The van der Waals surface area contributed by atoms with Crippen LogP contribution in [-0.2, 0) is 20.8 Å². The van der Waals surface area contributed by atoms with Crippen molar-refractivity contribution >= 4 is 0 Å². The molecule has 0 aliphatic carbocycles. The summed E-state index contributed by atoms with van der Waals surface area (Å²) >= 11 is 0. The molecule has 0 amide bonds. The summed E-state index contributed by atoms with van der Waals surface area (Å²) in [5.74, 6) is 1.46.